The number of rotatable bonds is 7. The zero-order valence-corrected chi connectivity index (χ0v) is 24.0. The number of halogens is 6. The van der Waals surface area contributed by atoms with E-state index in [2.05, 4.69) is 20.8 Å². The molecule has 0 saturated heterocycles. The first kappa shape index (κ1) is 37.5. The summed E-state index contributed by atoms with van der Waals surface area (Å²) in [4.78, 5) is 0. The van der Waals surface area contributed by atoms with Crippen LogP contribution in [0.2, 0.25) is 0 Å². The maximum absolute atomic E-state index is 12.1. The molecule has 3 nitrogen and oxygen atoms in total. The Hall–Kier alpha value is 0.223. The largest absolute Gasteiger partial charge is 4.00 e. The number of nitrogens with one attached hydrogen (secondary N) is 3. The second kappa shape index (κ2) is 23.9. The van der Waals surface area contributed by atoms with Gasteiger partial charge < -0.3 is 17.2 Å². The van der Waals surface area contributed by atoms with Crippen molar-refractivity contribution < 1.29 is 52.2 Å². The molecule has 0 heterocycles. The number of alkyl halides is 6. The van der Waals surface area contributed by atoms with Gasteiger partial charge in [-0.25, -0.2) is 0 Å². The maximum Gasteiger partial charge on any atom is 4.00 e. The zero-order valence-electron chi connectivity index (χ0n) is 18.0. The summed E-state index contributed by atoms with van der Waals surface area (Å²) in [6, 6.07) is 4.16. The summed E-state index contributed by atoms with van der Waals surface area (Å²) in [6.45, 7) is 8.06. The van der Waals surface area contributed by atoms with Crippen LogP contribution in [0, 0.1) is 0 Å². The van der Waals surface area contributed by atoms with Gasteiger partial charge in [0.15, 0.2) is 0 Å². The fourth-order valence-corrected chi connectivity index (χ4v) is 5.31. The predicted molar refractivity (Wildman–Crippen MR) is 113 cm³/mol. The third-order valence-corrected chi connectivity index (χ3v) is 8.22. The molecule has 0 unspecified atom stereocenters. The van der Waals surface area contributed by atoms with E-state index in [4.69, 9.17) is 17.2 Å². The van der Waals surface area contributed by atoms with Crippen LogP contribution < -0.4 is 4.40 Å². The summed E-state index contributed by atoms with van der Waals surface area (Å²) in [6.07, 6.45) is 6.64. The molecule has 3 N–H and O–H groups in total. The van der Waals surface area contributed by atoms with E-state index >= 15 is 0 Å². The van der Waals surface area contributed by atoms with Gasteiger partial charge in [0.1, 0.15) is 0 Å². The van der Waals surface area contributed by atoms with Crippen LogP contribution in [0.4, 0.5) is 26.3 Å². The van der Waals surface area contributed by atoms with Gasteiger partial charge in [-0.2, -0.15) is 19.6 Å². The van der Waals surface area contributed by atoms with E-state index < -0.39 is 28.8 Å². The number of hydrogen-bond acceptors (Lipinski definition) is 0. The molecule has 1 aromatic rings. The molecule has 0 fully saturated rings. The molecule has 0 aliphatic heterocycles. The Labute approximate surface area is 200 Å². The summed E-state index contributed by atoms with van der Waals surface area (Å²) in [5, 5.41) is -10.2. The summed E-state index contributed by atoms with van der Waals surface area (Å²) in [5.74, 6) is 0. The number of hydrogen-bond donors (Lipinski definition) is 0. The Balaban J connectivity index is -0.000000176. The van der Waals surface area contributed by atoms with Gasteiger partial charge in [-0.15, -0.1) is 0 Å². The van der Waals surface area contributed by atoms with Gasteiger partial charge in [0.2, 0.25) is 0 Å². The summed E-state index contributed by atoms with van der Waals surface area (Å²) in [7, 11) is 0. The molecule has 0 aliphatic rings. The van der Waals surface area contributed by atoms with Crippen LogP contribution in [0.3, 0.4) is 0 Å². The van der Waals surface area contributed by atoms with Crippen molar-refractivity contribution in [2.24, 2.45) is 0 Å². The van der Waals surface area contributed by atoms with Crippen LogP contribution in [0.15, 0.2) is 24.3 Å². The zero-order chi connectivity index (χ0) is 23.3. The third kappa shape index (κ3) is 24.5. The SMILES string of the molecule is CCCC[NH-].CCCC[NH-].CCCC[NH-].F[C](F)(F)[GeH]([c-]1cccc1)[C](F)(F)F.[Hf+4]. The molecule has 11 heteroatoms. The van der Waals surface area contributed by atoms with Gasteiger partial charge >= 0.3 is 105 Å². The molecule has 0 spiro atoms. The second-order valence-electron chi connectivity index (χ2n) is 6.05. The first-order chi connectivity index (χ1) is 13.5. The van der Waals surface area contributed by atoms with Crippen molar-refractivity contribution in [3.63, 3.8) is 0 Å². The van der Waals surface area contributed by atoms with Gasteiger partial charge in [-0.1, -0.05) is 59.3 Å². The first-order valence-corrected chi connectivity index (χ1v) is 13.4. The van der Waals surface area contributed by atoms with Crippen LogP contribution >= 0.6 is 0 Å². The molecule has 30 heavy (non-hydrogen) atoms. The Morgan fingerprint density at radius 3 is 1.07 bits per heavy atom. The summed E-state index contributed by atoms with van der Waals surface area (Å²) in [5.41, 5.74) is 19.8. The second-order valence-corrected chi connectivity index (χ2v) is 12.0. The number of unbranched alkanes of at least 4 members (excludes halogenated alkanes) is 3. The Morgan fingerprint density at radius 2 is 0.933 bits per heavy atom. The molecule has 0 aromatic heterocycles. The van der Waals surface area contributed by atoms with Gasteiger partial charge in [-0.05, 0) is 0 Å². The summed E-state index contributed by atoms with van der Waals surface area (Å²) >= 11 is -5.46. The standard InChI is InChI=1S/C7H5F6Ge.3C4H10N.Hf/c8-6(9,10)14(7(11,12)13)5-3-1-2-4-5;3*1-2-3-4-5;/h1-4,14H;3*5H,2-4H2,1H3;/q4*-1;+4. The van der Waals surface area contributed by atoms with Crippen LogP contribution in [0.5, 0.6) is 0 Å². The van der Waals surface area contributed by atoms with Gasteiger partial charge in [-0.3, -0.25) is 0 Å². The maximum atomic E-state index is 12.1. The average molecular weight is 671 g/mol. The summed E-state index contributed by atoms with van der Waals surface area (Å²) < 4.78 is 72.3. The predicted octanol–water partition coefficient (Wildman–Crippen LogP) is 7.56. The molecule has 0 saturated carbocycles. The van der Waals surface area contributed by atoms with E-state index in [-0.39, 0.29) is 25.8 Å². The van der Waals surface area contributed by atoms with Gasteiger partial charge in [0.25, 0.3) is 0 Å². The smallest absolute Gasteiger partial charge is 4.00 e. The molecule has 0 amide bonds. The van der Waals surface area contributed by atoms with E-state index in [1.807, 2.05) is 0 Å². The monoisotopic (exact) mass is 673 g/mol. The van der Waals surface area contributed by atoms with Crippen molar-refractivity contribution in [1.29, 1.82) is 0 Å². The van der Waals surface area contributed by atoms with Crippen molar-refractivity contribution in [2.75, 3.05) is 19.6 Å². The molecular formula is C19H35F6GeHfN3. The Morgan fingerprint density at radius 1 is 0.667 bits per heavy atom. The van der Waals surface area contributed by atoms with E-state index in [0.29, 0.717) is 19.6 Å². The normalized spacial score (nSPS) is 10.6. The van der Waals surface area contributed by atoms with Crippen molar-refractivity contribution in [1.82, 2.24) is 0 Å². The minimum atomic E-state index is -5.46. The van der Waals surface area contributed by atoms with Gasteiger partial charge in [0.05, 0.1) is 0 Å². The van der Waals surface area contributed by atoms with Crippen LogP contribution in [0.25, 0.3) is 17.2 Å². The molecular weight excluding hydrogens is 635 g/mol. The fourth-order valence-electron chi connectivity index (χ4n) is 1.68. The van der Waals surface area contributed by atoms with Crippen LogP contribution in [0.1, 0.15) is 59.3 Å². The average Bonchev–Trinajstić information content (AvgIpc) is 3.10. The van der Waals surface area contributed by atoms with Crippen molar-refractivity contribution in [3.05, 3.63) is 41.5 Å². The molecule has 1 rings (SSSR count). The first-order valence-electron chi connectivity index (χ1n) is 9.76. The van der Waals surface area contributed by atoms with E-state index in [0.717, 1.165) is 50.7 Å². The van der Waals surface area contributed by atoms with Gasteiger partial charge in [0, 0.05) is 0 Å². The fraction of sp³-hybridized carbons (Fsp3) is 0.737. The molecule has 176 valence electrons. The molecule has 0 atom stereocenters. The van der Waals surface area contributed by atoms with Crippen molar-refractivity contribution in [3.8, 4) is 0 Å². The quantitative estimate of drug-likeness (QED) is 0.163. The van der Waals surface area contributed by atoms with Crippen molar-refractivity contribution >= 4 is 18.7 Å². The third-order valence-electron chi connectivity index (χ3n) is 3.27. The topological polar surface area (TPSA) is 71.4 Å². The molecule has 0 bridgehead atoms. The Bertz CT molecular complexity index is 395. The van der Waals surface area contributed by atoms with E-state index in [1.54, 1.807) is 0 Å². The van der Waals surface area contributed by atoms with E-state index in [9.17, 15) is 26.3 Å². The molecule has 0 radical (unpaired) electrons. The van der Waals surface area contributed by atoms with Crippen LogP contribution in [-0.4, -0.2) is 44.0 Å². The van der Waals surface area contributed by atoms with Crippen molar-refractivity contribution in [2.45, 2.75) is 69.3 Å². The molecule has 1 aromatic carbocycles. The minimum Gasteiger partial charge on any atom is 4.00 e. The van der Waals surface area contributed by atoms with E-state index in [1.165, 1.54) is 12.1 Å². The van der Waals surface area contributed by atoms with Crippen LogP contribution in [-0.2, 0) is 25.8 Å². The minimum absolute atomic E-state index is 0. The molecule has 0 aliphatic carbocycles. The Kier molecular flexibility index (Phi) is 29.9.